The molecule has 0 atom stereocenters. The summed E-state index contributed by atoms with van der Waals surface area (Å²) in [6.45, 7) is 4.26. The molecule has 0 aliphatic heterocycles. The van der Waals surface area contributed by atoms with Crippen molar-refractivity contribution in [1.29, 1.82) is 0 Å². The van der Waals surface area contributed by atoms with Crippen LogP contribution in [0.3, 0.4) is 0 Å². The summed E-state index contributed by atoms with van der Waals surface area (Å²) >= 11 is 0. The molecular weight excluding hydrogens is 303 g/mol. The Morgan fingerprint density at radius 2 is 1.91 bits per heavy atom. The lowest BCUT2D eigenvalue weighted by molar-refractivity contribution is -0.274. The highest BCUT2D eigenvalue weighted by Gasteiger charge is 2.31. The van der Waals surface area contributed by atoms with E-state index in [0.29, 0.717) is 5.56 Å². The van der Waals surface area contributed by atoms with Gasteiger partial charge < -0.3 is 14.6 Å². The van der Waals surface area contributed by atoms with Gasteiger partial charge in [-0.3, -0.25) is 4.90 Å². The molecule has 0 saturated heterocycles. The third kappa shape index (κ3) is 6.66. The van der Waals surface area contributed by atoms with Crippen molar-refractivity contribution in [2.24, 2.45) is 0 Å². The average molecular weight is 321 g/mol. The fourth-order valence-electron chi connectivity index (χ4n) is 1.56. The molecule has 0 heterocycles. The third-order valence-electron chi connectivity index (χ3n) is 2.33. The lowest BCUT2D eigenvalue weighted by atomic mass is 10.2. The first-order valence-electron chi connectivity index (χ1n) is 6.43. The van der Waals surface area contributed by atoms with Crippen LogP contribution in [0.15, 0.2) is 24.3 Å². The molecule has 1 aromatic carbocycles. The number of carbonyl (C=O) groups excluding carboxylic acids is 1. The SMILES string of the molecule is CC(C)(C)OC(=O)N(CO)Cc1cccc(OC(F)(F)F)c1. The summed E-state index contributed by atoms with van der Waals surface area (Å²) in [5, 5.41) is 9.22. The molecule has 124 valence electrons. The van der Waals surface area contributed by atoms with Crippen LogP contribution in [0.4, 0.5) is 18.0 Å². The minimum Gasteiger partial charge on any atom is -0.444 e. The van der Waals surface area contributed by atoms with Crippen molar-refractivity contribution < 1.29 is 32.5 Å². The van der Waals surface area contributed by atoms with E-state index >= 15 is 0 Å². The number of alkyl halides is 3. The molecule has 22 heavy (non-hydrogen) atoms. The second-order valence-corrected chi connectivity index (χ2v) is 5.51. The largest absolute Gasteiger partial charge is 0.573 e. The molecule has 0 spiro atoms. The average Bonchev–Trinajstić information content (AvgIpc) is 2.32. The maximum Gasteiger partial charge on any atom is 0.573 e. The molecular formula is C14H18F3NO4. The number of hydrogen-bond donors (Lipinski definition) is 1. The van der Waals surface area contributed by atoms with Gasteiger partial charge in [-0.2, -0.15) is 0 Å². The van der Waals surface area contributed by atoms with E-state index in [4.69, 9.17) is 4.74 Å². The molecule has 0 saturated carbocycles. The zero-order valence-electron chi connectivity index (χ0n) is 12.5. The number of benzene rings is 1. The number of aliphatic hydroxyl groups excluding tert-OH is 1. The third-order valence-corrected chi connectivity index (χ3v) is 2.33. The van der Waals surface area contributed by atoms with Crippen molar-refractivity contribution >= 4 is 6.09 Å². The fourth-order valence-corrected chi connectivity index (χ4v) is 1.56. The number of aliphatic hydroxyl groups is 1. The molecule has 0 fully saturated rings. The molecule has 1 amide bonds. The molecule has 8 heteroatoms. The minimum absolute atomic E-state index is 0.111. The molecule has 0 aromatic heterocycles. The fraction of sp³-hybridized carbons (Fsp3) is 0.500. The molecule has 1 rings (SSSR count). The number of hydrogen-bond acceptors (Lipinski definition) is 4. The molecule has 0 radical (unpaired) electrons. The second kappa shape index (κ2) is 6.87. The summed E-state index contributed by atoms with van der Waals surface area (Å²) in [5.41, 5.74) is -0.382. The number of rotatable bonds is 4. The Balaban J connectivity index is 2.79. The van der Waals surface area contributed by atoms with Crippen LogP contribution in [0.25, 0.3) is 0 Å². The summed E-state index contributed by atoms with van der Waals surface area (Å²) in [6.07, 6.45) is -5.56. The van der Waals surface area contributed by atoms with Crippen molar-refractivity contribution in [3.8, 4) is 5.75 Å². The number of halogens is 3. The molecule has 1 aromatic rings. The normalized spacial score (nSPS) is 12.0. The zero-order valence-corrected chi connectivity index (χ0v) is 12.5. The first kappa shape index (κ1) is 18.1. The Hall–Kier alpha value is -1.96. The predicted molar refractivity (Wildman–Crippen MR) is 72.0 cm³/mol. The first-order chi connectivity index (χ1) is 10.00. The number of carbonyl (C=O) groups is 1. The van der Waals surface area contributed by atoms with Gasteiger partial charge in [-0.15, -0.1) is 13.2 Å². The number of ether oxygens (including phenoxy) is 2. The first-order valence-corrected chi connectivity index (χ1v) is 6.43. The van der Waals surface area contributed by atoms with Crippen LogP contribution in [0.2, 0.25) is 0 Å². The van der Waals surface area contributed by atoms with Gasteiger partial charge in [-0.1, -0.05) is 12.1 Å². The minimum atomic E-state index is -4.79. The maximum atomic E-state index is 12.2. The molecule has 0 aliphatic rings. The maximum absolute atomic E-state index is 12.2. The summed E-state index contributed by atoms with van der Waals surface area (Å²) in [4.78, 5) is 12.8. The van der Waals surface area contributed by atoms with Crippen LogP contribution in [-0.4, -0.2) is 34.8 Å². The van der Waals surface area contributed by atoms with Crippen molar-refractivity contribution in [3.63, 3.8) is 0 Å². The quantitative estimate of drug-likeness (QED) is 0.865. The van der Waals surface area contributed by atoms with Crippen molar-refractivity contribution in [2.45, 2.75) is 39.3 Å². The van der Waals surface area contributed by atoms with E-state index in [-0.39, 0.29) is 6.54 Å². The standard InChI is InChI=1S/C14H18F3NO4/c1-13(2,3)22-12(20)18(9-19)8-10-5-4-6-11(7-10)21-14(15,16)17/h4-7,19H,8-9H2,1-3H3. The van der Waals surface area contributed by atoms with Crippen LogP contribution in [-0.2, 0) is 11.3 Å². The van der Waals surface area contributed by atoms with Gasteiger partial charge in [0.05, 0.1) is 6.54 Å². The Morgan fingerprint density at radius 3 is 2.41 bits per heavy atom. The van der Waals surface area contributed by atoms with E-state index in [1.807, 2.05) is 0 Å². The van der Waals surface area contributed by atoms with E-state index in [1.54, 1.807) is 20.8 Å². The molecule has 5 nitrogen and oxygen atoms in total. The smallest absolute Gasteiger partial charge is 0.444 e. The highest BCUT2D eigenvalue weighted by atomic mass is 19.4. The van der Waals surface area contributed by atoms with E-state index in [1.165, 1.54) is 12.1 Å². The van der Waals surface area contributed by atoms with E-state index < -0.39 is 30.5 Å². The monoisotopic (exact) mass is 321 g/mol. The Kier molecular flexibility index (Phi) is 5.65. The highest BCUT2D eigenvalue weighted by Crippen LogP contribution is 2.24. The van der Waals surface area contributed by atoms with Crippen LogP contribution in [0, 0.1) is 0 Å². The van der Waals surface area contributed by atoms with Gasteiger partial charge in [0.1, 0.15) is 18.1 Å². The number of amides is 1. The summed E-state index contributed by atoms with van der Waals surface area (Å²) in [7, 11) is 0. The Labute approximate surface area is 126 Å². The molecule has 0 aliphatic carbocycles. The van der Waals surface area contributed by atoms with Crippen LogP contribution in [0.1, 0.15) is 26.3 Å². The highest BCUT2D eigenvalue weighted by molar-refractivity contribution is 5.68. The Bertz CT molecular complexity index is 512. The van der Waals surface area contributed by atoms with Crippen molar-refractivity contribution in [3.05, 3.63) is 29.8 Å². The van der Waals surface area contributed by atoms with Gasteiger partial charge in [-0.25, -0.2) is 4.79 Å². The van der Waals surface area contributed by atoms with E-state index in [0.717, 1.165) is 17.0 Å². The van der Waals surface area contributed by atoms with Gasteiger partial charge in [0, 0.05) is 0 Å². The van der Waals surface area contributed by atoms with Gasteiger partial charge in [0.25, 0.3) is 0 Å². The summed E-state index contributed by atoms with van der Waals surface area (Å²) in [5.74, 6) is -0.396. The van der Waals surface area contributed by atoms with Gasteiger partial charge in [0.15, 0.2) is 0 Å². The van der Waals surface area contributed by atoms with Gasteiger partial charge in [0.2, 0.25) is 0 Å². The van der Waals surface area contributed by atoms with Crippen molar-refractivity contribution in [2.75, 3.05) is 6.73 Å². The number of nitrogens with zero attached hydrogens (tertiary/aromatic N) is 1. The molecule has 1 N–H and O–H groups in total. The topological polar surface area (TPSA) is 59.0 Å². The van der Waals surface area contributed by atoms with Crippen molar-refractivity contribution in [1.82, 2.24) is 4.90 Å². The lowest BCUT2D eigenvalue weighted by Crippen LogP contribution is -2.37. The van der Waals surface area contributed by atoms with Crippen LogP contribution in [0.5, 0.6) is 5.75 Å². The zero-order chi connectivity index (χ0) is 17.0. The van der Waals surface area contributed by atoms with E-state index in [9.17, 15) is 23.1 Å². The Morgan fingerprint density at radius 1 is 1.27 bits per heavy atom. The van der Waals surface area contributed by atoms with Crippen LogP contribution < -0.4 is 4.74 Å². The van der Waals surface area contributed by atoms with Gasteiger partial charge >= 0.3 is 12.5 Å². The predicted octanol–water partition coefficient (Wildman–Crippen LogP) is 3.27. The summed E-state index contributed by atoms with van der Waals surface area (Å²) < 4.78 is 45.4. The second-order valence-electron chi connectivity index (χ2n) is 5.51. The van der Waals surface area contributed by atoms with Gasteiger partial charge in [-0.05, 0) is 38.5 Å². The lowest BCUT2D eigenvalue weighted by Gasteiger charge is -2.26. The molecule has 0 bridgehead atoms. The van der Waals surface area contributed by atoms with E-state index in [2.05, 4.69) is 4.74 Å². The molecule has 0 unspecified atom stereocenters. The van der Waals surface area contributed by atoms with Crippen LogP contribution >= 0.6 is 0 Å². The summed E-state index contributed by atoms with van der Waals surface area (Å²) in [6, 6.07) is 5.16.